The smallest absolute Gasteiger partial charge is 0.338 e. The Morgan fingerprint density at radius 3 is 2.37 bits per heavy atom. The second kappa shape index (κ2) is 13.1. The second-order valence-corrected chi connectivity index (χ2v) is 11.0. The number of benzene rings is 3. The molecule has 3 aromatic rings. The van der Waals surface area contributed by atoms with E-state index >= 15 is 0 Å². The molecule has 9 heteroatoms. The molecule has 3 aromatic carbocycles. The van der Waals surface area contributed by atoms with E-state index in [0.717, 1.165) is 5.56 Å². The Morgan fingerprint density at radius 2 is 1.67 bits per heavy atom. The third kappa shape index (κ3) is 6.73. The van der Waals surface area contributed by atoms with Gasteiger partial charge in [-0.25, -0.2) is 9.59 Å². The van der Waals surface area contributed by atoms with Gasteiger partial charge in [-0.05, 0) is 62.7 Å². The molecule has 0 unspecified atom stereocenters. The van der Waals surface area contributed by atoms with Crippen LogP contribution in [0.3, 0.4) is 0 Å². The number of aryl methyl sites for hydroxylation is 1. The maximum atomic E-state index is 13.5. The first-order chi connectivity index (χ1) is 20.7. The lowest BCUT2D eigenvalue weighted by atomic mass is 9.94. The van der Waals surface area contributed by atoms with E-state index in [1.807, 2.05) is 97.6 Å². The predicted molar refractivity (Wildman–Crippen MR) is 164 cm³/mol. The Bertz CT molecular complexity index is 1500. The van der Waals surface area contributed by atoms with Crippen molar-refractivity contribution in [1.29, 1.82) is 0 Å². The van der Waals surface area contributed by atoms with Crippen molar-refractivity contribution in [3.05, 3.63) is 107 Å². The standard InChI is InChI=1S/C34H38N4O5/c1-5-42-33(40)30-29(22-37-18-19-38(24(3)21-37)32(39)25-16-14-23(2)15-17-25)36(4)34(41)35-31(30)26-10-9-13-28(20-26)43-27-11-7-6-8-12-27/h6-17,20,24,31H,5,18-19,21-22H2,1-4H3,(H,35,41)/t24-,31+/m0/s1. The lowest BCUT2D eigenvalue weighted by molar-refractivity contribution is -0.139. The second-order valence-electron chi connectivity index (χ2n) is 11.0. The molecule has 1 saturated heterocycles. The van der Waals surface area contributed by atoms with Gasteiger partial charge < -0.3 is 19.7 Å². The van der Waals surface area contributed by atoms with Crippen molar-refractivity contribution in [2.75, 3.05) is 39.8 Å². The van der Waals surface area contributed by atoms with Crippen molar-refractivity contribution in [1.82, 2.24) is 20.0 Å². The van der Waals surface area contributed by atoms with Crippen LogP contribution in [0.15, 0.2) is 90.1 Å². The van der Waals surface area contributed by atoms with Crippen LogP contribution in [0.5, 0.6) is 11.5 Å². The molecule has 3 amide bonds. The molecule has 0 saturated carbocycles. The highest BCUT2D eigenvalue weighted by atomic mass is 16.5. The van der Waals surface area contributed by atoms with E-state index in [0.29, 0.717) is 60.1 Å². The summed E-state index contributed by atoms with van der Waals surface area (Å²) in [6, 6.07) is 23.3. The van der Waals surface area contributed by atoms with Crippen molar-refractivity contribution in [3.8, 4) is 11.5 Å². The molecule has 0 bridgehead atoms. The summed E-state index contributed by atoms with van der Waals surface area (Å²) in [6.07, 6.45) is 0. The number of carbonyl (C=O) groups is 3. The van der Waals surface area contributed by atoms with Gasteiger partial charge in [0.15, 0.2) is 0 Å². The quantitative estimate of drug-likeness (QED) is 0.370. The van der Waals surface area contributed by atoms with Crippen molar-refractivity contribution in [2.24, 2.45) is 0 Å². The summed E-state index contributed by atoms with van der Waals surface area (Å²) in [5.41, 5.74) is 3.44. The highest BCUT2D eigenvalue weighted by molar-refractivity contribution is 5.95. The maximum Gasteiger partial charge on any atom is 0.338 e. The number of likely N-dealkylation sites (N-methyl/N-ethyl adjacent to an activating group) is 1. The van der Waals surface area contributed by atoms with Crippen LogP contribution in [0.4, 0.5) is 4.79 Å². The molecular weight excluding hydrogens is 544 g/mol. The third-order valence-corrected chi connectivity index (χ3v) is 7.89. The fraction of sp³-hybridized carbons (Fsp3) is 0.324. The van der Waals surface area contributed by atoms with Crippen LogP contribution in [-0.2, 0) is 9.53 Å². The molecular formula is C34H38N4O5. The van der Waals surface area contributed by atoms with Crippen LogP contribution in [0, 0.1) is 6.92 Å². The lowest BCUT2D eigenvalue weighted by Crippen LogP contribution is -2.56. The molecule has 5 rings (SSSR count). The first-order valence-electron chi connectivity index (χ1n) is 14.6. The summed E-state index contributed by atoms with van der Waals surface area (Å²) in [6.45, 7) is 8.07. The lowest BCUT2D eigenvalue weighted by Gasteiger charge is -2.42. The number of carbonyl (C=O) groups excluding carboxylic acids is 3. The van der Waals surface area contributed by atoms with Gasteiger partial charge in [0.05, 0.1) is 18.2 Å². The SMILES string of the molecule is CCOC(=O)C1=C(CN2CCN(C(=O)c3ccc(C)cc3)[C@@H](C)C2)N(C)C(=O)N[C@@H]1c1cccc(Oc2ccccc2)c1. The topological polar surface area (TPSA) is 91.4 Å². The molecule has 9 nitrogen and oxygen atoms in total. The monoisotopic (exact) mass is 582 g/mol. The molecule has 2 atom stereocenters. The van der Waals surface area contributed by atoms with E-state index in [1.165, 1.54) is 4.90 Å². The highest BCUT2D eigenvalue weighted by Gasteiger charge is 2.38. The van der Waals surface area contributed by atoms with Gasteiger partial charge >= 0.3 is 12.0 Å². The van der Waals surface area contributed by atoms with Gasteiger partial charge in [-0.2, -0.15) is 0 Å². The van der Waals surface area contributed by atoms with Gasteiger partial charge in [-0.3, -0.25) is 14.6 Å². The van der Waals surface area contributed by atoms with Crippen LogP contribution in [0.2, 0.25) is 0 Å². The van der Waals surface area contributed by atoms with E-state index in [2.05, 4.69) is 10.2 Å². The maximum absolute atomic E-state index is 13.5. The number of rotatable bonds is 8. The van der Waals surface area contributed by atoms with Crippen LogP contribution in [-0.4, -0.2) is 78.5 Å². The van der Waals surface area contributed by atoms with Gasteiger partial charge in [-0.1, -0.05) is 48.0 Å². The Kier molecular flexibility index (Phi) is 9.11. The first-order valence-corrected chi connectivity index (χ1v) is 14.6. The third-order valence-electron chi connectivity index (χ3n) is 7.89. The van der Waals surface area contributed by atoms with Crippen molar-refractivity contribution in [2.45, 2.75) is 32.9 Å². The van der Waals surface area contributed by atoms with Gasteiger partial charge in [0.2, 0.25) is 0 Å². The molecule has 0 spiro atoms. The summed E-state index contributed by atoms with van der Waals surface area (Å²) in [4.78, 5) is 45.5. The molecule has 1 fully saturated rings. The number of urea groups is 1. The number of esters is 1. The predicted octanol–water partition coefficient (Wildman–Crippen LogP) is 5.15. The highest BCUT2D eigenvalue weighted by Crippen LogP contribution is 2.34. The summed E-state index contributed by atoms with van der Waals surface area (Å²) < 4.78 is 11.5. The molecule has 2 aliphatic heterocycles. The number of hydrogen-bond acceptors (Lipinski definition) is 6. The Morgan fingerprint density at radius 1 is 0.953 bits per heavy atom. The Balaban J connectivity index is 1.41. The Hall–Kier alpha value is -4.63. The number of amides is 3. The summed E-state index contributed by atoms with van der Waals surface area (Å²) in [7, 11) is 1.66. The number of hydrogen-bond donors (Lipinski definition) is 1. The van der Waals surface area contributed by atoms with Gasteiger partial charge in [0.25, 0.3) is 5.91 Å². The van der Waals surface area contributed by atoms with E-state index in [4.69, 9.17) is 9.47 Å². The zero-order valence-electron chi connectivity index (χ0n) is 25.1. The van der Waals surface area contributed by atoms with Crippen LogP contribution >= 0.6 is 0 Å². The minimum Gasteiger partial charge on any atom is -0.463 e. The van der Waals surface area contributed by atoms with E-state index in [1.54, 1.807) is 14.0 Å². The number of nitrogens with one attached hydrogen (secondary N) is 1. The molecule has 43 heavy (non-hydrogen) atoms. The summed E-state index contributed by atoms with van der Waals surface area (Å²) in [5, 5.41) is 2.98. The van der Waals surface area contributed by atoms with E-state index < -0.39 is 12.0 Å². The summed E-state index contributed by atoms with van der Waals surface area (Å²) >= 11 is 0. The number of nitrogens with zero attached hydrogens (tertiary/aromatic N) is 3. The van der Waals surface area contributed by atoms with Crippen LogP contribution in [0.1, 0.15) is 41.4 Å². The fourth-order valence-electron chi connectivity index (χ4n) is 5.58. The van der Waals surface area contributed by atoms with Crippen molar-refractivity contribution in [3.63, 3.8) is 0 Å². The minimum atomic E-state index is -0.723. The molecule has 224 valence electrons. The Labute approximate surface area is 252 Å². The van der Waals surface area contributed by atoms with Gasteiger partial charge in [0, 0.05) is 50.5 Å². The molecule has 2 heterocycles. The zero-order valence-corrected chi connectivity index (χ0v) is 25.1. The first kappa shape index (κ1) is 29.8. The summed E-state index contributed by atoms with van der Waals surface area (Å²) in [5.74, 6) is 0.795. The largest absolute Gasteiger partial charge is 0.463 e. The number of piperazine rings is 1. The average Bonchev–Trinajstić information content (AvgIpc) is 3.00. The zero-order chi connectivity index (χ0) is 30.5. The number of para-hydroxylation sites is 1. The normalized spacial score (nSPS) is 19.2. The molecule has 0 aliphatic carbocycles. The van der Waals surface area contributed by atoms with Gasteiger partial charge in [0.1, 0.15) is 11.5 Å². The number of ether oxygens (including phenoxy) is 2. The molecule has 0 radical (unpaired) electrons. The fourth-order valence-corrected chi connectivity index (χ4v) is 5.58. The minimum absolute atomic E-state index is 0.00501. The van der Waals surface area contributed by atoms with Crippen LogP contribution < -0.4 is 10.1 Å². The average molecular weight is 583 g/mol. The van der Waals surface area contributed by atoms with Gasteiger partial charge in [-0.15, -0.1) is 0 Å². The molecule has 1 N–H and O–H groups in total. The van der Waals surface area contributed by atoms with Crippen LogP contribution in [0.25, 0.3) is 0 Å². The van der Waals surface area contributed by atoms with E-state index in [9.17, 15) is 14.4 Å². The molecule has 2 aliphatic rings. The van der Waals surface area contributed by atoms with Crippen molar-refractivity contribution >= 4 is 17.9 Å². The van der Waals surface area contributed by atoms with E-state index in [-0.39, 0.29) is 24.6 Å². The molecule has 0 aromatic heterocycles. The van der Waals surface area contributed by atoms with Crippen molar-refractivity contribution < 1.29 is 23.9 Å².